The van der Waals surface area contributed by atoms with Crippen LogP contribution in [0.4, 0.5) is 4.39 Å². The summed E-state index contributed by atoms with van der Waals surface area (Å²) in [6.45, 7) is 0. The molecule has 1 heterocycles. The molecule has 0 unspecified atom stereocenters. The number of aliphatic hydroxyl groups is 1. The van der Waals surface area contributed by atoms with E-state index in [0.717, 1.165) is 4.47 Å². The molecule has 0 bridgehead atoms. The van der Waals surface area contributed by atoms with Crippen LogP contribution in [0, 0.1) is 5.82 Å². The Morgan fingerprint density at radius 2 is 1.65 bits per heavy atom. The van der Waals surface area contributed by atoms with Gasteiger partial charge >= 0.3 is 0 Å². The molecule has 0 aliphatic carbocycles. The number of hydrogen-bond donors (Lipinski definition) is 2. The predicted molar refractivity (Wildman–Crippen MR) is 86.0 cm³/mol. The van der Waals surface area contributed by atoms with Gasteiger partial charge in [0, 0.05) is 10.0 Å². The lowest BCUT2D eigenvalue weighted by Crippen LogP contribution is -2.21. The normalized spacial score (nSPS) is 19.7. The number of benzene rings is 2. The first-order valence-corrected chi connectivity index (χ1v) is 7.56. The molecule has 1 aliphatic rings. The molecule has 1 amide bonds. The first-order chi connectivity index (χ1) is 11.0. The summed E-state index contributed by atoms with van der Waals surface area (Å²) >= 11 is 3.29. The Labute approximate surface area is 139 Å². The smallest absolute Gasteiger partial charge is 0.293 e. The summed E-state index contributed by atoms with van der Waals surface area (Å²) in [5, 5.41) is 13.0. The average Bonchev–Trinajstić information content (AvgIpc) is 2.84. The van der Waals surface area contributed by atoms with Gasteiger partial charge in [-0.3, -0.25) is 9.59 Å². The first-order valence-electron chi connectivity index (χ1n) is 6.77. The Morgan fingerprint density at radius 3 is 2.26 bits per heavy atom. The van der Waals surface area contributed by atoms with Gasteiger partial charge in [0.1, 0.15) is 11.6 Å². The molecule has 1 saturated heterocycles. The fraction of sp³-hybridized carbons (Fsp3) is 0.0588. The van der Waals surface area contributed by atoms with Gasteiger partial charge < -0.3 is 10.4 Å². The number of aliphatic hydroxyl groups excluding tert-OH is 1. The van der Waals surface area contributed by atoms with Crippen molar-refractivity contribution in [2.45, 2.75) is 6.04 Å². The van der Waals surface area contributed by atoms with E-state index in [1.54, 1.807) is 24.3 Å². The highest BCUT2D eigenvalue weighted by molar-refractivity contribution is 9.10. The quantitative estimate of drug-likeness (QED) is 0.480. The highest BCUT2D eigenvalue weighted by Gasteiger charge is 2.39. The molecule has 2 N–H and O–H groups in total. The lowest BCUT2D eigenvalue weighted by molar-refractivity contribution is -0.133. The minimum atomic E-state index is -0.806. The molecular weight excluding hydrogens is 365 g/mol. The van der Waals surface area contributed by atoms with Gasteiger partial charge in [-0.15, -0.1) is 0 Å². The van der Waals surface area contributed by atoms with Crippen LogP contribution in [-0.2, 0) is 9.59 Å². The van der Waals surface area contributed by atoms with Crippen LogP contribution in [0.2, 0.25) is 0 Å². The number of hydrogen-bond acceptors (Lipinski definition) is 3. The van der Waals surface area contributed by atoms with E-state index in [2.05, 4.69) is 21.2 Å². The number of halogens is 2. The number of nitrogens with one attached hydrogen (secondary N) is 1. The number of Topliss-reactive ketones (excluding diaryl/α,β-unsaturated/α-hetero) is 1. The maximum Gasteiger partial charge on any atom is 0.293 e. The van der Waals surface area contributed by atoms with Gasteiger partial charge in [-0.2, -0.15) is 0 Å². The first kappa shape index (κ1) is 15.4. The number of carbonyl (C=O) groups is 2. The number of carbonyl (C=O) groups excluding carboxylic acids is 2. The number of rotatable bonds is 2. The van der Waals surface area contributed by atoms with Crippen LogP contribution in [-0.4, -0.2) is 16.8 Å². The van der Waals surface area contributed by atoms with E-state index in [1.165, 1.54) is 24.3 Å². The van der Waals surface area contributed by atoms with Crippen LogP contribution in [0.1, 0.15) is 17.2 Å². The average molecular weight is 376 g/mol. The Bertz CT molecular complexity index is 813. The lowest BCUT2D eigenvalue weighted by atomic mass is 9.96. The topological polar surface area (TPSA) is 66.4 Å². The molecule has 1 aliphatic heterocycles. The summed E-state index contributed by atoms with van der Waals surface area (Å²) in [4.78, 5) is 23.9. The molecule has 116 valence electrons. The monoisotopic (exact) mass is 375 g/mol. The number of ketones is 1. The maximum absolute atomic E-state index is 13.1. The van der Waals surface area contributed by atoms with Crippen molar-refractivity contribution in [2.75, 3.05) is 0 Å². The molecule has 3 rings (SSSR count). The van der Waals surface area contributed by atoms with Crippen LogP contribution < -0.4 is 5.32 Å². The largest absolute Gasteiger partial charge is 0.507 e. The van der Waals surface area contributed by atoms with Crippen molar-refractivity contribution in [3.05, 3.63) is 75.5 Å². The zero-order valence-corrected chi connectivity index (χ0v) is 13.3. The van der Waals surface area contributed by atoms with Crippen LogP contribution in [0.3, 0.4) is 0 Å². The fourth-order valence-corrected chi connectivity index (χ4v) is 2.70. The van der Waals surface area contributed by atoms with Gasteiger partial charge in [-0.1, -0.05) is 40.2 Å². The summed E-state index contributed by atoms with van der Waals surface area (Å²) in [6.07, 6.45) is 0. The van der Waals surface area contributed by atoms with Gasteiger partial charge in [-0.25, -0.2) is 4.39 Å². The van der Waals surface area contributed by atoms with Gasteiger partial charge in [0.05, 0.1) is 11.6 Å². The maximum atomic E-state index is 13.1. The highest BCUT2D eigenvalue weighted by Crippen LogP contribution is 2.33. The molecule has 23 heavy (non-hydrogen) atoms. The van der Waals surface area contributed by atoms with Gasteiger partial charge in [0.15, 0.2) is 0 Å². The molecule has 0 aromatic heterocycles. The van der Waals surface area contributed by atoms with E-state index < -0.39 is 23.5 Å². The van der Waals surface area contributed by atoms with Crippen molar-refractivity contribution < 1.29 is 19.1 Å². The summed E-state index contributed by atoms with van der Waals surface area (Å²) in [7, 11) is 0. The summed E-state index contributed by atoms with van der Waals surface area (Å²) < 4.78 is 13.9. The van der Waals surface area contributed by atoms with E-state index in [0.29, 0.717) is 11.1 Å². The summed E-state index contributed by atoms with van der Waals surface area (Å²) in [6, 6.07) is 11.3. The van der Waals surface area contributed by atoms with Crippen LogP contribution in [0.25, 0.3) is 5.76 Å². The molecule has 0 saturated carbocycles. The fourth-order valence-electron chi connectivity index (χ4n) is 2.43. The Balaban J connectivity index is 2.10. The van der Waals surface area contributed by atoms with Crippen LogP contribution >= 0.6 is 15.9 Å². The second-order valence-electron chi connectivity index (χ2n) is 5.06. The van der Waals surface area contributed by atoms with E-state index in [9.17, 15) is 19.1 Å². The van der Waals surface area contributed by atoms with Crippen molar-refractivity contribution in [1.29, 1.82) is 0 Å². The number of amides is 1. The van der Waals surface area contributed by atoms with Crippen molar-refractivity contribution in [2.24, 2.45) is 0 Å². The Kier molecular flexibility index (Phi) is 4.00. The van der Waals surface area contributed by atoms with Crippen LogP contribution in [0.5, 0.6) is 0 Å². The molecule has 1 fully saturated rings. The van der Waals surface area contributed by atoms with Crippen molar-refractivity contribution in [3.8, 4) is 0 Å². The standard InChI is InChI=1S/C17H11BrFNO3/c18-11-5-1-10(2-6-11)15(21)13-14(20-17(23)16(13)22)9-3-7-12(19)8-4-9/h1-8,14,21H,(H,20,23)/b15-13+/t14-/m0/s1. The van der Waals surface area contributed by atoms with Crippen molar-refractivity contribution in [3.63, 3.8) is 0 Å². The van der Waals surface area contributed by atoms with Crippen LogP contribution in [0.15, 0.2) is 58.6 Å². The van der Waals surface area contributed by atoms with E-state index in [-0.39, 0.29) is 11.3 Å². The van der Waals surface area contributed by atoms with E-state index in [1.807, 2.05) is 0 Å². The summed E-state index contributed by atoms with van der Waals surface area (Å²) in [5.74, 6) is -2.28. The third-order valence-corrected chi connectivity index (χ3v) is 4.12. The third kappa shape index (κ3) is 2.90. The zero-order valence-electron chi connectivity index (χ0n) is 11.7. The SMILES string of the molecule is O=C1N[C@@H](c2ccc(F)cc2)/C(=C(\O)c2ccc(Br)cc2)C1=O. The Hall–Kier alpha value is -2.47. The lowest BCUT2D eigenvalue weighted by Gasteiger charge is -2.13. The molecule has 4 nitrogen and oxygen atoms in total. The molecule has 2 aromatic carbocycles. The predicted octanol–water partition coefficient (Wildman–Crippen LogP) is 3.30. The summed E-state index contributed by atoms with van der Waals surface area (Å²) in [5.41, 5.74) is 0.897. The molecule has 0 radical (unpaired) electrons. The molecule has 2 aromatic rings. The second-order valence-corrected chi connectivity index (χ2v) is 5.97. The van der Waals surface area contributed by atoms with E-state index in [4.69, 9.17) is 0 Å². The molecular formula is C17H11BrFNO3. The minimum absolute atomic E-state index is 0.0380. The van der Waals surface area contributed by atoms with E-state index >= 15 is 0 Å². The van der Waals surface area contributed by atoms with Gasteiger partial charge in [0.25, 0.3) is 11.7 Å². The minimum Gasteiger partial charge on any atom is -0.507 e. The molecule has 1 atom stereocenters. The van der Waals surface area contributed by atoms with Gasteiger partial charge in [-0.05, 0) is 29.8 Å². The second kappa shape index (κ2) is 5.96. The molecule has 0 spiro atoms. The van der Waals surface area contributed by atoms with Crippen molar-refractivity contribution >= 4 is 33.4 Å². The van der Waals surface area contributed by atoms with Crippen molar-refractivity contribution in [1.82, 2.24) is 5.32 Å². The zero-order chi connectivity index (χ0) is 16.6. The third-order valence-electron chi connectivity index (χ3n) is 3.59. The Morgan fingerprint density at radius 1 is 1.04 bits per heavy atom. The van der Waals surface area contributed by atoms with Gasteiger partial charge in [0.2, 0.25) is 0 Å². The molecule has 6 heteroatoms. The highest BCUT2D eigenvalue weighted by atomic mass is 79.9.